The van der Waals surface area contributed by atoms with Gasteiger partial charge in [0.05, 0.1) is 24.4 Å². The fourth-order valence-corrected chi connectivity index (χ4v) is 4.39. The fourth-order valence-electron chi connectivity index (χ4n) is 2.92. The number of benzene rings is 2. The Morgan fingerprint density at radius 1 is 0.815 bits per heavy atom. The first-order valence-electron chi connectivity index (χ1n) is 8.97. The summed E-state index contributed by atoms with van der Waals surface area (Å²) in [5, 5.41) is 10.1. The minimum absolute atomic E-state index is 0.103. The summed E-state index contributed by atoms with van der Waals surface area (Å²) < 4.78 is 30.3. The smallest absolute Gasteiger partial charge is 0.390 e. The van der Waals surface area contributed by atoms with Gasteiger partial charge in [-0.05, 0) is 38.8 Å². The maximum Gasteiger partial charge on any atom is 0.475 e. The highest BCUT2D eigenvalue weighted by Gasteiger charge is 2.38. The first-order chi connectivity index (χ1) is 12.6. The van der Waals surface area contributed by atoms with E-state index in [0.29, 0.717) is 0 Å². The van der Waals surface area contributed by atoms with Crippen molar-refractivity contribution in [2.75, 3.05) is 0 Å². The number of phosphoric acid groups is 1. The van der Waals surface area contributed by atoms with Crippen molar-refractivity contribution in [2.24, 2.45) is 0 Å². The quantitative estimate of drug-likeness (QED) is 0.542. The van der Waals surface area contributed by atoms with Crippen molar-refractivity contribution in [1.29, 1.82) is 0 Å². The highest BCUT2D eigenvalue weighted by molar-refractivity contribution is 7.48. The molecule has 6 heteroatoms. The van der Waals surface area contributed by atoms with Crippen molar-refractivity contribution in [2.45, 2.75) is 58.5 Å². The van der Waals surface area contributed by atoms with E-state index in [0.717, 1.165) is 11.1 Å². The van der Waals surface area contributed by atoms with Gasteiger partial charge in [-0.3, -0.25) is 13.6 Å². The molecule has 0 saturated heterocycles. The minimum atomic E-state index is -3.87. The third kappa shape index (κ3) is 8.37. The van der Waals surface area contributed by atoms with Gasteiger partial charge in [0.1, 0.15) is 0 Å². The fraction of sp³-hybridized carbons (Fsp3) is 0.429. The minimum Gasteiger partial charge on any atom is -0.390 e. The van der Waals surface area contributed by atoms with E-state index in [1.807, 2.05) is 60.7 Å². The van der Waals surface area contributed by atoms with Crippen molar-refractivity contribution in [3.05, 3.63) is 71.8 Å². The second kappa shape index (κ2) is 9.13. The molecule has 27 heavy (non-hydrogen) atoms. The molecule has 0 aliphatic heterocycles. The first kappa shape index (κ1) is 21.8. The SMILES string of the molecule is CC(C)(O)CC(C)(C)OP(=O)(OCc1ccccc1)OCc1ccccc1. The summed E-state index contributed by atoms with van der Waals surface area (Å²) in [6.07, 6.45) is 0.271. The van der Waals surface area contributed by atoms with Crippen LogP contribution in [0.1, 0.15) is 45.2 Å². The van der Waals surface area contributed by atoms with E-state index >= 15 is 0 Å². The molecule has 0 aromatic heterocycles. The Morgan fingerprint density at radius 2 is 1.22 bits per heavy atom. The van der Waals surface area contributed by atoms with Crippen LogP contribution in [0.15, 0.2) is 60.7 Å². The molecule has 0 radical (unpaired) electrons. The zero-order chi connectivity index (χ0) is 20.0. The van der Waals surface area contributed by atoms with Crippen LogP contribution in [-0.4, -0.2) is 16.3 Å². The molecule has 0 unspecified atom stereocenters. The second-order valence-corrected chi connectivity index (χ2v) is 9.40. The summed E-state index contributed by atoms with van der Waals surface area (Å²) in [6, 6.07) is 18.8. The Morgan fingerprint density at radius 3 is 1.59 bits per heavy atom. The Bertz CT molecular complexity index is 691. The summed E-state index contributed by atoms with van der Waals surface area (Å²) in [7, 11) is -3.87. The van der Waals surface area contributed by atoms with E-state index in [1.54, 1.807) is 27.7 Å². The average molecular weight is 392 g/mol. The summed E-state index contributed by atoms with van der Waals surface area (Å²) in [5.74, 6) is 0. The lowest BCUT2D eigenvalue weighted by molar-refractivity contribution is -0.0347. The zero-order valence-electron chi connectivity index (χ0n) is 16.4. The lowest BCUT2D eigenvalue weighted by Crippen LogP contribution is -2.34. The number of hydrogen-bond acceptors (Lipinski definition) is 5. The van der Waals surface area contributed by atoms with Crippen molar-refractivity contribution >= 4 is 7.82 Å². The monoisotopic (exact) mass is 392 g/mol. The third-order valence-electron chi connectivity index (χ3n) is 3.68. The van der Waals surface area contributed by atoms with Crippen molar-refractivity contribution < 1.29 is 23.2 Å². The van der Waals surface area contributed by atoms with Crippen LogP contribution in [0.5, 0.6) is 0 Å². The molecule has 0 fully saturated rings. The van der Waals surface area contributed by atoms with Gasteiger partial charge in [-0.2, -0.15) is 0 Å². The highest BCUT2D eigenvalue weighted by Crippen LogP contribution is 2.55. The normalized spacial score (nSPS) is 12.9. The zero-order valence-corrected chi connectivity index (χ0v) is 17.3. The van der Waals surface area contributed by atoms with Gasteiger partial charge in [0, 0.05) is 6.42 Å². The average Bonchev–Trinajstić information content (AvgIpc) is 2.58. The number of hydrogen-bond donors (Lipinski definition) is 1. The second-order valence-electron chi connectivity index (χ2n) is 7.81. The lowest BCUT2D eigenvalue weighted by Gasteiger charge is -2.33. The van der Waals surface area contributed by atoms with Crippen LogP contribution >= 0.6 is 7.82 Å². The molecular weight excluding hydrogens is 363 g/mol. The Hall–Kier alpha value is -1.49. The molecule has 0 aliphatic carbocycles. The Labute approximate surface area is 161 Å². The van der Waals surface area contributed by atoms with Gasteiger partial charge in [-0.25, -0.2) is 4.57 Å². The molecule has 5 nitrogen and oxygen atoms in total. The molecule has 148 valence electrons. The van der Waals surface area contributed by atoms with Crippen LogP contribution in [0.25, 0.3) is 0 Å². The summed E-state index contributed by atoms with van der Waals surface area (Å²) in [4.78, 5) is 0. The molecule has 2 aromatic carbocycles. The summed E-state index contributed by atoms with van der Waals surface area (Å²) in [6.45, 7) is 7.08. The van der Waals surface area contributed by atoms with E-state index < -0.39 is 19.0 Å². The Kier molecular flexibility index (Phi) is 7.38. The van der Waals surface area contributed by atoms with E-state index in [-0.39, 0.29) is 19.6 Å². The van der Waals surface area contributed by atoms with Crippen LogP contribution in [-0.2, 0) is 31.4 Å². The number of rotatable bonds is 10. The molecule has 0 bridgehead atoms. The molecule has 0 heterocycles. The number of aliphatic hydroxyl groups is 1. The molecule has 0 amide bonds. The maximum absolute atomic E-state index is 13.3. The first-order valence-corrected chi connectivity index (χ1v) is 10.4. The van der Waals surface area contributed by atoms with Gasteiger partial charge in [0.15, 0.2) is 0 Å². The molecule has 0 spiro atoms. The predicted molar refractivity (Wildman–Crippen MR) is 106 cm³/mol. The molecule has 0 saturated carbocycles. The molecule has 2 aromatic rings. The van der Waals surface area contributed by atoms with Gasteiger partial charge in [0.25, 0.3) is 0 Å². The van der Waals surface area contributed by atoms with Crippen molar-refractivity contribution in [3.63, 3.8) is 0 Å². The largest absolute Gasteiger partial charge is 0.475 e. The lowest BCUT2D eigenvalue weighted by atomic mass is 9.93. The summed E-state index contributed by atoms with van der Waals surface area (Å²) >= 11 is 0. The van der Waals surface area contributed by atoms with Crippen molar-refractivity contribution in [3.8, 4) is 0 Å². The van der Waals surface area contributed by atoms with E-state index in [9.17, 15) is 9.67 Å². The molecule has 2 rings (SSSR count). The predicted octanol–water partition coefficient (Wildman–Crippen LogP) is 5.48. The van der Waals surface area contributed by atoms with Crippen molar-refractivity contribution in [1.82, 2.24) is 0 Å². The highest BCUT2D eigenvalue weighted by atomic mass is 31.2. The van der Waals surface area contributed by atoms with E-state index in [4.69, 9.17) is 13.6 Å². The molecule has 0 aliphatic rings. The summed E-state index contributed by atoms with van der Waals surface area (Å²) in [5.41, 5.74) is -0.149. The van der Waals surface area contributed by atoms with Gasteiger partial charge in [-0.1, -0.05) is 60.7 Å². The van der Waals surface area contributed by atoms with Gasteiger partial charge < -0.3 is 5.11 Å². The van der Waals surface area contributed by atoms with E-state index in [1.165, 1.54) is 0 Å². The third-order valence-corrected chi connectivity index (χ3v) is 5.29. The van der Waals surface area contributed by atoms with Crippen LogP contribution in [0, 0.1) is 0 Å². The number of phosphoric ester groups is 1. The van der Waals surface area contributed by atoms with Crippen LogP contribution in [0.4, 0.5) is 0 Å². The van der Waals surface area contributed by atoms with Gasteiger partial charge in [0.2, 0.25) is 0 Å². The van der Waals surface area contributed by atoms with Crippen LogP contribution < -0.4 is 0 Å². The molecular formula is C21H29O5P. The Balaban J connectivity index is 2.12. The molecule has 0 atom stereocenters. The maximum atomic E-state index is 13.3. The van der Waals surface area contributed by atoms with Crippen LogP contribution in [0.2, 0.25) is 0 Å². The van der Waals surface area contributed by atoms with E-state index in [2.05, 4.69) is 0 Å². The molecule has 1 N–H and O–H groups in total. The van der Waals surface area contributed by atoms with Gasteiger partial charge >= 0.3 is 7.82 Å². The van der Waals surface area contributed by atoms with Gasteiger partial charge in [-0.15, -0.1) is 0 Å². The topological polar surface area (TPSA) is 65.0 Å². The standard InChI is InChI=1S/C21H29O5P/c1-20(2,22)17-21(3,4)26-27(23,24-15-18-11-7-5-8-12-18)25-16-19-13-9-6-10-14-19/h5-14,22H,15-17H2,1-4H3. The van der Waals surface area contributed by atoms with Crippen LogP contribution in [0.3, 0.4) is 0 Å².